The van der Waals surface area contributed by atoms with Crippen molar-refractivity contribution in [3.8, 4) is 0 Å². The van der Waals surface area contributed by atoms with Crippen molar-refractivity contribution in [1.82, 2.24) is 19.9 Å². The number of aryl methyl sites for hydroxylation is 1. The molecule has 0 unspecified atom stereocenters. The second kappa shape index (κ2) is 7.46. The lowest BCUT2D eigenvalue weighted by Gasteiger charge is -2.23. The van der Waals surface area contributed by atoms with E-state index in [0.29, 0.717) is 34.0 Å². The largest absolute Gasteiger partial charge is 0.350 e. The Hall–Kier alpha value is -2.81. The summed E-state index contributed by atoms with van der Waals surface area (Å²) in [7, 11) is 0. The van der Waals surface area contributed by atoms with E-state index >= 15 is 0 Å². The van der Waals surface area contributed by atoms with Gasteiger partial charge in [-0.25, -0.2) is 14.4 Å². The Balaban J connectivity index is 1.38. The number of benzene rings is 1. The van der Waals surface area contributed by atoms with Crippen LogP contribution in [0, 0.1) is 12.7 Å². The summed E-state index contributed by atoms with van der Waals surface area (Å²) in [5, 5.41) is 3.56. The van der Waals surface area contributed by atoms with Gasteiger partial charge < -0.3 is 10.2 Å². The number of thiazole rings is 1. The minimum atomic E-state index is -0.356. The summed E-state index contributed by atoms with van der Waals surface area (Å²) in [6.45, 7) is 2.83. The third kappa shape index (κ3) is 3.47. The standard InChI is InChI=1S/C21H22FN5O2S/c1-12-24-19-17(20(29)27(12)15-7-8-15)25-21(30-19)26-9-3-6-16(26)18(28)23-11-13-4-2-5-14(22)10-13/h2,4-5,10,15-16H,3,6-9,11H2,1H3,(H,23,28)/t16-/m1/s1. The number of aromatic nitrogens is 3. The Labute approximate surface area is 176 Å². The smallest absolute Gasteiger partial charge is 0.281 e. The number of hydrogen-bond donors (Lipinski definition) is 1. The number of fused-ring (bicyclic) bond motifs is 1. The van der Waals surface area contributed by atoms with Gasteiger partial charge in [0, 0.05) is 19.1 Å². The summed E-state index contributed by atoms with van der Waals surface area (Å²) in [5.41, 5.74) is 1.01. The number of hydrogen-bond acceptors (Lipinski definition) is 6. The Morgan fingerprint density at radius 3 is 2.90 bits per heavy atom. The van der Waals surface area contributed by atoms with E-state index < -0.39 is 0 Å². The molecule has 1 amide bonds. The van der Waals surface area contributed by atoms with E-state index in [1.54, 1.807) is 16.7 Å². The maximum atomic E-state index is 13.4. The van der Waals surface area contributed by atoms with Gasteiger partial charge in [0.05, 0.1) is 0 Å². The monoisotopic (exact) mass is 427 g/mol. The fraction of sp³-hybridized carbons (Fsp3) is 0.429. The van der Waals surface area contributed by atoms with Crippen molar-refractivity contribution < 1.29 is 9.18 Å². The number of anilines is 1. The number of nitrogens with zero attached hydrogens (tertiary/aromatic N) is 4. The van der Waals surface area contributed by atoms with Gasteiger partial charge in [0.15, 0.2) is 15.5 Å². The molecule has 1 N–H and O–H groups in total. The van der Waals surface area contributed by atoms with Crippen LogP contribution in [0.2, 0.25) is 0 Å². The van der Waals surface area contributed by atoms with Crippen LogP contribution < -0.4 is 15.8 Å². The zero-order chi connectivity index (χ0) is 20.8. The van der Waals surface area contributed by atoms with Gasteiger partial charge in [0.1, 0.15) is 17.7 Å². The summed E-state index contributed by atoms with van der Waals surface area (Å²) in [5.74, 6) is 0.282. The summed E-state index contributed by atoms with van der Waals surface area (Å²) in [6, 6.07) is 6.09. The maximum absolute atomic E-state index is 13.4. The van der Waals surface area contributed by atoms with Crippen molar-refractivity contribution in [3.63, 3.8) is 0 Å². The quantitative estimate of drug-likeness (QED) is 0.677. The molecule has 1 aromatic carbocycles. The van der Waals surface area contributed by atoms with Crippen molar-refractivity contribution >= 4 is 32.7 Å². The van der Waals surface area contributed by atoms with E-state index in [-0.39, 0.29) is 35.9 Å². The third-order valence-corrected chi connectivity index (χ3v) is 6.69. The molecule has 2 aliphatic rings. The Kier molecular flexibility index (Phi) is 4.77. The molecule has 1 aliphatic carbocycles. The highest BCUT2D eigenvalue weighted by atomic mass is 32.1. The summed E-state index contributed by atoms with van der Waals surface area (Å²) in [6.07, 6.45) is 3.59. The Morgan fingerprint density at radius 1 is 1.30 bits per heavy atom. The first-order valence-corrected chi connectivity index (χ1v) is 11.0. The van der Waals surface area contributed by atoms with Crippen molar-refractivity contribution in [2.45, 2.75) is 51.2 Å². The number of halogens is 1. The van der Waals surface area contributed by atoms with Crippen molar-refractivity contribution in [2.75, 3.05) is 11.4 Å². The number of rotatable bonds is 5. The molecule has 1 saturated carbocycles. The average molecular weight is 428 g/mol. The number of carbonyl (C=O) groups is 1. The van der Waals surface area contributed by atoms with E-state index in [9.17, 15) is 14.0 Å². The van der Waals surface area contributed by atoms with E-state index in [2.05, 4.69) is 15.3 Å². The van der Waals surface area contributed by atoms with Gasteiger partial charge in [-0.05, 0) is 50.3 Å². The van der Waals surface area contributed by atoms with E-state index in [1.165, 1.54) is 23.5 Å². The van der Waals surface area contributed by atoms with Crippen LogP contribution in [0.3, 0.4) is 0 Å². The molecule has 30 heavy (non-hydrogen) atoms. The fourth-order valence-electron chi connectivity index (χ4n) is 4.09. The minimum Gasteiger partial charge on any atom is -0.350 e. The highest BCUT2D eigenvalue weighted by molar-refractivity contribution is 7.21. The second-order valence-corrected chi connectivity index (χ2v) is 8.87. The SMILES string of the molecule is Cc1nc2sc(N3CCC[C@@H]3C(=O)NCc3cccc(F)c3)nc2c(=O)n1C1CC1. The van der Waals surface area contributed by atoms with Gasteiger partial charge in [-0.15, -0.1) is 0 Å². The summed E-state index contributed by atoms with van der Waals surface area (Å²) in [4.78, 5) is 37.5. The molecular weight excluding hydrogens is 405 g/mol. The predicted octanol–water partition coefficient (Wildman–Crippen LogP) is 2.92. The molecule has 0 spiro atoms. The van der Waals surface area contributed by atoms with Crippen LogP contribution in [0.1, 0.15) is 43.1 Å². The lowest BCUT2D eigenvalue weighted by atomic mass is 10.2. The van der Waals surface area contributed by atoms with Gasteiger partial charge in [0.2, 0.25) is 5.91 Å². The second-order valence-electron chi connectivity index (χ2n) is 7.91. The fourth-order valence-corrected chi connectivity index (χ4v) is 5.14. The van der Waals surface area contributed by atoms with E-state index in [0.717, 1.165) is 25.1 Å². The van der Waals surface area contributed by atoms with Gasteiger partial charge in [-0.3, -0.25) is 14.2 Å². The molecular formula is C21H22FN5O2S. The van der Waals surface area contributed by atoms with Crippen LogP contribution in [0.4, 0.5) is 9.52 Å². The average Bonchev–Trinajstić information content (AvgIpc) is 3.25. The van der Waals surface area contributed by atoms with Gasteiger partial charge in [0.25, 0.3) is 5.56 Å². The zero-order valence-electron chi connectivity index (χ0n) is 16.6. The van der Waals surface area contributed by atoms with Crippen LogP contribution in [-0.2, 0) is 11.3 Å². The van der Waals surface area contributed by atoms with Crippen molar-refractivity contribution in [2.24, 2.45) is 0 Å². The maximum Gasteiger partial charge on any atom is 0.281 e. The Morgan fingerprint density at radius 2 is 2.13 bits per heavy atom. The first-order valence-electron chi connectivity index (χ1n) is 10.2. The highest BCUT2D eigenvalue weighted by Gasteiger charge is 2.34. The minimum absolute atomic E-state index is 0.0891. The molecule has 1 aliphatic heterocycles. The lowest BCUT2D eigenvalue weighted by Crippen LogP contribution is -2.43. The summed E-state index contributed by atoms with van der Waals surface area (Å²) >= 11 is 1.36. The molecule has 0 bridgehead atoms. The predicted molar refractivity (Wildman–Crippen MR) is 113 cm³/mol. The third-order valence-electron chi connectivity index (χ3n) is 5.70. The highest BCUT2D eigenvalue weighted by Crippen LogP contribution is 2.36. The van der Waals surface area contributed by atoms with Crippen LogP contribution >= 0.6 is 11.3 Å². The number of carbonyl (C=O) groups excluding carboxylic acids is 1. The van der Waals surface area contributed by atoms with Gasteiger partial charge in [-0.2, -0.15) is 0 Å². The summed E-state index contributed by atoms with van der Waals surface area (Å²) < 4.78 is 15.1. The van der Waals surface area contributed by atoms with Crippen molar-refractivity contribution in [3.05, 3.63) is 51.8 Å². The molecule has 3 aromatic rings. The molecule has 5 rings (SSSR count). The molecule has 3 heterocycles. The molecule has 1 atom stereocenters. The van der Waals surface area contributed by atoms with Gasteiger partial charge >= 0.3 is 0 Å². The number of nitrogens with one attached hydrogen (secondary N) is 1. The molecule has 9 heteroatoms. The zero-order valence-corrected chi connectivity index (χ0v) is 17.4. The molecule has 2 fully saturated rings. The normalized spacial score (nSPS) is 18.9. The van der Waals surface area contributed by atoms with E-state index in [4.69, 9.17) is 0 Å². The topological polar surface area (TPSA) is 80.1 Å². The molecule has 2 aromatic heterocycles. The van der Waals surface area contributed by atoms with Gasteiger partial charge in [-0.1, -0.05) is 23.5 Å². The Bertz CT molecular complexity index is 1190. The molecule has 156 valence electrons. The molecule has 0 radical (unpaired) electrons. The molecule has 1 saturated heterocycles. The first-order chi connectivity index (χ1) is 14.5. The molecule has 7 nitrogen and oxygen atoms in total. The van der Waals surface area contributed by atoms with Crippen LogP contribution in [0.5, 0.6) is 0 Å². The lowest BCUT2D eigenvalue weighted by molar-refractivity contribution is -0.122. The van der Waals surface area contributed by atoms with Crippen LogP contribution in [-0.4, -0.2) is 33.0 Å². The van der Waals surface area contributed by atoms with Crippen molar-refractivity contribution in [1.29, 1.82) is 0 Å². The number of amides is 1. The van der Waals surface area contributed by atoms with E-state index in [1.807, 2.05) is 11.8 Å². The first kappa shape index (κ1) is 19.2. The van der Waals surface area contributed by atoms with Crippen LogP contribution in [0.15, 0.2) is 29.1 Å². The van der Waals surface area contributed by atoms with Crippen LogP contribution in [0.25, 0.3) is 10.3 Å².